The topological polar surface area (TPSA) is 52.6 Å². The van der Waals surface area contributed by atoms with Crippen LogP contribution in [0.4, 0.5) is 0 Å². The van der Waals surface area contributed by atoms with E-state index >= 15 is 0 Å². The van der Waals surface area contributed by atoms with Crippen LogP contribution in [0.1, 0.15) is 33.1 Å². The van der Waals surface area contributed by atoms with Crippen LogP contribution in [-0.2, 0) is 18.8 Å². The average molecular weight is 324 g/mol. The number of hydrogen-bond acceptors (Lipinski definition) is 4. The molecule has 4 nitrogen and oxygen atoms in total. The zero-order chi connectivity index (χ0) is 16.8. The summed E-state index contributed by atoms with van der Waals surface area (Å²) in [5.74, 6) is -0.515. The molecule has 22 heavy (non-hydrogen) atoms. The van der Waals surface area contributed by atoms with E-state index in [1.54, 1.807) is 0 Å². The molecule has 0 aromatic carbocycles. The third kappa shape index (κ3) is 2.69. The van der Waals surface area contributed by atoms with Gasteiger partial charge in [0.1, 0.15) is 0 Å². The van der Waals surface area contributed by atoms with Crippen molar-refractivity contribution in [3.05, 3.63) is 12.2 Å². The highest BCUT2D eigenvalue weighted by Gasteiger charge is 2.64. The maximum Gasteiger partial charge on any atom is 0.322 e. The number of ether oxygens (including phenoxy) is 1. The Labute approximate surface area is 134 Å². The van der Waals surface area contributed by atoms with Crippen molar-refractivity contribution < 1.29 is 18.8 Å². The van der Waals surface area contributed by atoms with E-state index in [4.69, 9.17) is 9.16 Å². The van der Waals surface area contributed by atoms with E-state index in [0.717, 1.165) is 12.8 Å². The van der Waals surface area contributed by atoms with Gasteiger partial charge < -0.3 is 9.16 Å². The second-order valence-electron chi connectivity index (χ2n) is 8.14. The van der Waals surface area contributed by atoms with Crippen LogP contribution in [-0.4, -0.2) is 33.3 Å². The van der Waals surface area contributed by atoms with Gasteiger partial charge in [-0.3, -0.25) is 9.59 Å². The number of allylic oxidation sites excluding steroid dienone is 1. The highest BCUT2D eigenvalue weighted by atomic mass is 28.4. The minimum absolute atomic E-state index is 0.0173. The molecule has 0 N–H and O–H groups in total. The van der Waals surface area contributed by atoms with Crippen LogP contribution in [0.2, 0.25) is 19.6 Å². The lowest BCUT2D eigenvalue weighted by Crippen LogP contribution is -2.63. The zero-order valence-electron chi connectivity index (χ0n) is 14.6. The number of Topliss-reactive ketones (excluding diaryl/α,β-unsaturated/α-hetero) is 1. The molecular formula is C17H28O4Si. The summed E-state index contributed by atoms with van der Waals surface area (Å²) in [6.45, 7) is 10.5. The Balaban J connectivity index is 2.59. The Morgan fingerprint density at radius 1 is 1.32 bits per heavy atom. The van der Waals surface area contributed by atoms with Crippen molar-refractivity contribution >= 4 is 20.1 Å². The number of fused-ring (bicyclic) bond motifs is 1. The normalized spacial score (nSPS) is 34.2. The first kappa shape index (κ1) is 17.4. The minimum Gasteiger partial charge on any atom is -0.468 e. The molecule has 3 atom stereocenters. The number of esters is 1. The smallest absolute Gasteiger partial charge is 0.322 e. The van der Waals surface area contributed by atoms with Gasteiger partial charge in [-0.25, -0.2) is 0 Å². The standard InChI is InChI=1S/C17H28O4Si/c1-16(2)11-10-13(18)17(15(19)20-3)12(16)8-7-9-14(17)21-22(4,5)6/h7,9,12,14H,8,10-11H2,1-6H3/t12-,14+,17+/m1/s1. The molecule has 0 aliphatic heterocycles. The van der Waals surface area contributed by atoms with Crippen molar-refractivity contribution in [3.8, 4) is 0 Å². The van der Waals surface area contributed by atoms with Crippen molar-refractivity contribution in [2.75, 3.05) is 7.11 Å². The lowest BCUT2D eigenvalue weighted by molar-refractivity contribution is -0.179. The van der Waals surface area contributed by atoms with Gasteiger partial charge in [-0.1, -0.05) is 26.0 Å². The summed E-state index contributed by atoms with van der Waals surface area (Å²) in [5, 5.41) is 0. The predicted molar refractivity (Wildman–Crippen MR) is 87.9 cm³/mol. The first-order valence-electron chi connectivity index (χ1n) is 8.02. The Morgan fingerprint density at radius 2 is 1.95 bits per heavy atom. The second-order valence-corrected chi connectivity index (χ2v) is 12.6. The maximum absolute atomic E-state index is 12.9. The monoisotopic (exact) mass is 324 g/mol. The Bertz CT molecular complexity index is 493. The number of carbonyl (C=O) groups is 2. The summed E-state index contributed by atoms with van der Waals surface area (Å²) in [7, 11) is -0.546. The Kier molecular flexibility index (Phi) is 4.43. The molecule has 1 saturated carbocycles. The molecule has 2 rings (SSSR count). The van der Waals surface area contributed by atoms with Crippen LogP contribution in [0.5, 0.6) is 0 Å². The summed E-state index contributed by atoms with van der Waals surface area (Å²) in [6, 6.07) is 0. The molecule has 5 heteroatoms. The van der Waals surface area contributed by atoms with Gasteiger partial charge in [0.25, 0.3) is 0 Å². The van der Waals surface area contributed by atoms with E-state index in [0.29, 0.717) is 6.42 Å². The van der Waals surface area contributed by atoms with Gasteiger partial charge in [0.15, 0.2) is 19.5 Å². The summed E-state index contributed by atoms with van der Waals surface area (Å²) in [5.41, 5.74) is -1.26. The van der Waals surface area contributed by atoms with E-state index in [9.17, 15) is 9.59 Å². The molecule has 0 bridgehead atoms. The van der Waals surface area contributed by atoms with E-state index in [2.05, 4.69) is 39.6 Å². The molecule has 0 heterocycles. The largest absolute Gasteiger partial charge is 0.468 e. The summed E-state index contributed by atoms with van der Waals surface area (Å²) >= 11 is 0. The van der Waals surface area contributed by atoms with E-state index in [1.807, 2.05) is 6.08 Å². The van der Waals surface area contributed by atoms with E-state index in [-0.39, 0.29) is 17.1 Å². The molecular weight excluding hydrogens is 296 g/mol. The number of rotatable bonds is 3. The van der Waals surface area contributed by atoms with Crippen LogP contribution in [0.15, 0.2) is 12.2 Å². The molecule has 0 radical (unpaired) electrons. The van der Waals surface area contributed by atoms with Gasteiger partial charge in [-0.15, -0.1) is 0 Å². The lowest BCUT2D eigenvalue weighted by atomic mass is 9.50. The van der Waals surface area contributed by atoms with E-state index < -0.39 is 25.8 Å². The predicted octanol–water partition coefficient (Wildman–Crippen LogP) is 3.33. The first-order valence-corrected chi connectivity index (χ1v) is 11.4. The molecule has 2 aliphatic rings. The van der Waals surface area contributed by atoms with Gasteiger partial charge in [-0.05, 0) is 43.8 Å². The second kappa shape index (κ2) is 5.60. The quantitative estimate of drug-likeness (QED) is 0.346. The molecule has 0 spiro atoms. The van der Waals surface area contributed by atoms with Crippen molar-refractivity contribution in [1.29, 1.82) is 0 Å². The SMILES string of the molecule is COC(=O)[C@]12C(=O)CCC(C)(C)[C@H]1CC=C[C@@H]2O[Si](C)(C)C. The number of ketones is 1. The van der Waals surface area contributed by atoms with Crippen molar-refractivity contribution in [2.24, 2.45) is 16.7 Å². The summed E-state index contributed by atoms with van der Waals surface area (Å²) in [6.07, 6.45) is 5.42. The molecule has 1 fully saturated rings. The number of methoxy groups -OCH3 is 1. The van der Waals surface area contributed by atoms with E-state index in [1.165, 1.54) is 7.11 Å². The fraction of sp³-hybridized carbons (Fsp3) is 0.765. The third-order valence-corrected chi connectivity index (χ3v) is 6.05. The molecule has 0 aromatic rings. The zero-order valence-corrected chi connectivity index (χ0v) is 15.6. The van der Waals surface area contributed by atoms with Crippen LogP contribution in [0.25, 0.3) is 0 Å². The summed E-state index contributed by atoms with van der Waals surface area (Å²) < 4.78 is 11.4. The van der Waals surface area contributed by atoms with Crippen LogP contribution < -0.4 is 0 Å². The highest BCUT2D eigenvalue weighted by molar-refractivity contribution is 6.69. The van der Waals surface area contributed by atoms with Crippen LogP contribution in [0, 0.1) is 16.7 Å². The molecule has 0 unspecified atom stereocenters. The third-order valence-electron chi connectivity index (χ3n) is 5.09. The molecule has 0 amide bonds. The molecule has 0 aromatic heterocycles. The van der Waals surface area contributed by atoms with Gasteiger partial charge in [-0.2, -0.15) is 0 Å². The summed E-state index contributed by atoms with van der Waals surface area (Å²) in [4.78, 5) is 25.7. The van der Waals surface area contributed by atoms with Gasteiger partial charge in [0.2, 0.25) is 0 Å². The molecule has 124 valence electrons. The minimum atomic E-state index is -1.91. The Hall–Kier alpha value is -0.943. The van der Waals surface area contributed by atoms with Crippen LogP contribution >= 0.6 is 0 Å². The average Bonchev–Trinajstić information content (AvgIpc) is 2.41. The highest BCUT2D eigenvalue weighted by Crippen LogP contribution is 2.56. The fourth-order valence-electron chi connectivity index (χ4n) is 4.03. The fourth-order valence-corrected chi connectivity index (χ4v) is 5.06. The van der Waals surface area contributed by atoms with Gasteiger partial charge in [0.05, 0.1) is 13.2 Å². The maximum atomic E-state index is 12.9. The lowest BCUT2D eigenvalue weighted by Gasteiger charge is -2.54. The molecule has 2 aliphatic carbocycles. The number of carbonyl (C=O) groups excluding carboxylic acids is 2. The van der Waals surface area contributed by atoms with Crippen molar-refractivity contribution in [2.45, 2.75) is 58.9 Å². The van der Waals surface area contributed by atoms with Crippen molar-refractivity contribution in [3.63, 3.8) is 0 Å². The number of hydrogen-bond donors (Lipinski definition) is 0. The van der Waals surface area contributed by atoms with Gasteiger partial charge in [0, 0.05) is 6.42 Å². The van der Waals surface area contributed by atoms with Gasteiger partial charge >= 0.3 is 5.97 Å². The van der Waals surface area contributed by atoms with Crippen molar-refractivity contribution in [1.82, 2.24) is 0 Å². The Morgan fingerprint density at radius 3 is 2.50 bits per heavy atom. The first-order chi connectivity index (χ1) is 10.1. The molecule has 0 saturated heterocycles. The van der Waals surface area contributed by atoms with Crippen LogP contribution in [0.3, 0.4) is 0 Å².